The summed E-state index contributed by atoms with van der Waals surface area (Å²) in [5.74, 6) is 0.881. The van der Waals surface area contributed by atoms with Crippen molar-refractivity contribution in [3.05, 3.63) is 76.0 Å². The van der Waals surface area contributed by atoms with Gasteiger partial charge in [-0.25, -0.2) is 9.78 Å². The number of fused-ring (bicyclic) bond motifs is 2. The number of furan rings is 1. The number of rotatable bonds is 5. The normalized spacial score (nSPS) is 12.6. The zero-order chi connectivity index (χ0) is 20.5. The standard InChI is InChI=1S/C22H21N3O4/c1-13(19-11-14-6-4-5-7-18(14)29-19)25(2)12-20-23-17-10-15(22(27)28-3)8-9-16(17)21(26)24-20/h4-11,13H,12H2,1-3H3,(H,23,24,26)/t13-/m0/s1. The molecule has 2 aromatic carbocycles. The van der Waals surface area contributed by atoms with Crippen LogP contribution in [0.2, 0.25) is 0 Å². The fourth-order valence-electron chi connectivity index (χ4n) is 3.31. The van der Waals surface area contributed by atoms with Gasteiger partial charge in [0.25, 0.3) is 5.56 Å². The predicted molar refractivity (Wildman–Crippen MR) is 110 cm³/mol. The molecule has 7 nitrogen and oxygen atoms in total. The van der Waals surface area contributed by atoms with Crippen molar-refractivity contribution in [1.29, 1.82) is 0 Å². The molecule has 4 aromatic rings. The van der Waals surface area contributed by atoms with E-state index >= 15 is 0 Å². The molecule has 0 saturated carbocycles. The number of nitrogens with zero attached hydrogens (tertiary/aromatic N) is 2. The number of aromatic amines is 1. The maximum Gasteiger partial charge on any atom is 0.337 e. The minimum absolute atomic E-state index is 0.0233. The van der Waals surface area contributed by atoms with Crippen LogP contribution in [-0.2, 0) is 11.3 Å². The van der Waals surface area contributed by atoms with Crippen LogP contribution in [0, 0.1) is 0 Å². The van der Waals surface area contributed by atoms with Gasteiger partial charge < -0.3 is 14.1 Å². The van der Waals surface area contributed by atoms with Crippen LogP contribution in [0.25, 0.3) is 21.9 Å². The summed E-state index contributed by atoms with van der Waals surface area (Å²) < 4.78 is 10.7. The maximum atomic E-state index is 12.4. The van der Waals surface area contributed by atoms with Crippen molar-refractivity contribution in [2.75, 3.05) is 14.2 Å². The minimum Gasteiger partial charge on any atom is -0.465 e. The van der Waals surface area contributed by atoms with Crippen LogP contribution in [0.1, 0.15) is 34.9 Å². The number of aromatic nitrogens is 2. The van der Waals surface area contributed by atoms with Gasteiger partial charge in [0.15, 0.2) is 0 Å². The number of carbonyl (C=O) groups is 1. The van der Waals surface area contributed by atoms with Gasteiger partial charge in [-0.3, -0.25) is 9.69 Å². The Morgan fingerprint density at radius 2 is 2.03 bits per heavy atom. The van der Waals surface area contributed by atoms with Gasteiger partial charge >= 0.3 is 5.97 Å². The Bertz CT molecular complexity index is 1220. The zero-order valence-corrected chi connectivity index (χ0v) is 16.4. The molecule has 7 heteroatoms. The monoisotopic (exact) mass is 391 g/mol. The molecule has 0 bridgehead atoms. The molecule has 2 heterocycles. The summed E-state index contributed by atoms with van der Waals surface area (Å²) in [5, 5.41) is 1.48. The van der Waals surface area contributed by atoms with Crippen molar-refractivity contribution in [3.63, 3.8) is 0 Å². The summed E-state index contributed by atoms with van der Waals surface area (Å²) in [6.45, 7) is 2.44. The molecule has 0 spiro atoms. The highest BCUT2D eigenvalue weighted by Gasteiger charge is 2.18. The highest BCUT2D eigenvalue weighted by atomic mass is 16.5. The highest BCUT2D eigenvalue weighted by molar-refractivity contribution is 5.93. The number of carbonyl (C=O) groups excluding carboxylic acids is 1. The van der Waals surface area contributed by atoms with Gasteiger partial charge in [-0.1, -0.05) is 18.2 Å². The van der Waals surface area contributed by atoms with Gasteiger partial charge in [0.2, 0.25) is 0 Å². The molecule has 4 rings (SSSR count). The SMILES string of the molecule is COC(=O)c1ccc2c(=O)[nH]c(CN(C)[C@@H](C)c3cc4ccccc4o3)nc2c1. The number of benzene rings is 2. The number of nitrogens with one attached hydrogen (secondary N) is 1. The van der Waals surface area contributed by atoms with Gasteiger partial charge in [0.1, 0.15) is 17.2 Å². The second-order valence-electron chi connectivity index (χ2n) is 7.01. The fourth-order valence-corrected chi connectivity index (χ4v) is 3.31. The molecule has 29 heavy (non-hydrogen) atoms. The Kier molecular flexibility index (Phi) is 4.90. The molecule has 0 fully saturated rings. The lowest BCUT2D eigenvalue weighted by atomic mass is 10.1. The highest BCUT2D eigenvalue weighted by Crippen LogP contribution is 2.27. The topological polar surface area (TPSA) is 88.4 Å². The van der Waals surface area contributed by atoms with Crippen LogP contribution < -0.4 is 5.56 Å². The van der Waals surface area contributed by atoms with E-state index < -0.39 is 5.97 Å². The Labute approximate surface area is 166 Å². The van der Waals surface area contributed by atoms with Gasteiger partial charge in [-0.2, -0.15) is 0 Å². The molecule has 0 unspecified atom stereocenters. The average molecular weight is 391 g/mol. The first-order chi connectivity index (χ1) is 14.0. The van der Waals surface area contributed by atoms with Crippen LogP contribution >= 0.6 is 0 Å². The van der Waals surface area contributed by atoms with Crippen LogP contribution in [0.5, 0.6) is 0 Å². The molecular formula is C22H21N3O4. The Morgan fingerprint density at radius 1 is 1.24 bits per heavy atom. The summed E-state index contributed by atoms with van der Waals surface area (Å²) in [4.78, 5) is 33.6. The van der Waals surface area contributed by atoms with Crippen LogP contribution in [0.4, 0.5) is 0 Å². The van der Waals surface area contributed by atoms with Crippen LogP contribution in [0.15, 0.2) is 57.7 Å². The average Bonchev–Trinajstić information content (AvgIpc) is 3.16. The van der Waals surface area contributed by atoms with E-state index in [1.165, 1.54) is 7.11 Å². The van der Waals surface area contributed by atoms with Crippen molar-refractivity contribution in [1.82, 2.24) is 14.9 Å². The van der Waals surface area contributed by atoms with E-state index in [-0.39, 0.29) is 11.6 Å². The molecule has 2 aromatic heterocycles. The van der Waals surface area contributed by atoms with Crippen molar-refractivity contribution < 1.29 is 13.9 Å². The number of para-hydroxylation sites is 1. The van der Waals surface area contributed by atoms with Crippen LogP contribution in [0.3, 0.4) is 0 Å². The number of H-pyrrole nitrogens is 1. The lowest BCUT2D eigenvalue weighted by Crippen LogP contribution is -2.24. The quantitative estimate of drug-likeness (QED) is 0.523. The summed E-state index contributed by atoms with van der Waals surface area (Å²) in [6, 6.07) is 14.6. The van der Waals surface area contributed by atoms with Crippen molar-refractivity contribution in [2.45, 2.75) is 19.5 Å². The number of hydrogen-bond donors (Lipinski definition) is 1. The van der Waals surface area contributed by atoms with E-state index in [2.05, 4.69) is 9.97 Å². The summed E-state index contributed by atoms with van der Waals surface area (Å²) >= 11 is 0. The van der Waals surface area contributed by atoms with Crippen molar-refractivity contribution in [2.24, 2.45) is 0 Å². The van der Waals surface area contributed by atoms with Gasteiger partial charge in [0.05, 0.1) is 36.2 Å². The molecule has 0 aliphatic rings. The molecular weight excluding hydrogens is 370 g/mol. The molecule has 0 radical (unpaired) electrons. The molecule has 0 aliphatic heterocycles. The number of esters is 1. The Hall–Kier alpha value is -3.45. The first-order valence-corrected chi connectivity index (χ1v) is 9.26. The second-order valence-corrected chi connectivity index (χ2v) is 7.01. The zero-order valence-electron chi connectivity index (χ0n) is 16.4. The Balaban J connectivity index is 1.61. The number of methoxy groups -OCH3 is 1. The molecule has 0 saturated heterocycles. The summed E-state index contributed by atoms with van der Waals surface area (Å²) in [5.41, 5.74) is 1.41. The Morgan fingerprint density at radius 3 is 2.79 bits per heavy atom. The predicted octanol–water partition coefficient (Wildman–Crippen LogP) is 3.65. The van der Waals surface area contributed by atoms with E-state index in [9.17, 15) is 9.59 Å². The van der Waals surface area contributed by atoms with E-state index in [1.54, 1.807) is 18.2 Å². The van der Waals surface area contributed by atoms with Crippen LogP contribution in [-0.4, -0.2) is 35.0 Å². The largest absolute Gasteiger partial charge is 0.465 e. The molecule has 0 aliphatic carbocycles. The van der Waals surface area contributed by atoms with Gasteiger partial charge in [-0.15, -0.1) is 0 Å². The van der Waals surface area contributed by atoms with Gasteiger partial charge in [-0.05, 0) is 44.3 Å². The first-order valence-electron chi connectivity index (χ1n) is 9.26. The van der Waals surface area contributed by atoms with Gasteiger partial charge in [0, 0.05) is 5.39 Å². The number of hydrogen-bond acceptors (Lipinski definition) is 6. The molecule has 1 atom stereocenters. The maximum absolute atomic E-state index is 12.4. The fraction of sp³-hybridized carbons (Fsp3) is 0.227. The van der Waals surface area contributed by atoms with E-state index in [0.717, 1.165) is 16.7 Å². The molecule has 148 valence electrons. The van der Waals surface area contributed by atoms with E-state index in [0.29, 0.717) is 28.8 Å². The third kappa shape index (κ3) is 3.64. The summed E-state index contributed by atoms with van der Waals surface area (Å²) in [6.07, 6.45) is 0. The van der Waals surface area contributed by atoms with E-state index in [1.807, 2.05) is 49.2 Å². The van der Waals surface area contributed by atoms with E-state index in [4.69, 9.17) is 9.15 Å². The first kappa shape index (κ1) is 18.9. The lowest BCUT2D eigenvalue weighted by Gasteiger charge is -2.22. The minimum atomic E-state index is -0.467. The number of ether oxygens (including phenoxy) is 1. The molecule has 1 N–H and O–H groups in total. The summed E-state index contributed by atoms with van der Waals surface area (Å²) in [7, 11) is 3.25. The molecule has 0 amide bonds. The van der Waals surface area contributed by atoms with Crippen molar-refractivity contribution in [3.8, 4) is 0 Å². The smallest absolute Gasteiger partial charge is 0.337 e. The lowest BCUT2D eigenvalue weighted by molar-refractivity contribution is 0.0601. The third-order valence-electron chi connectivity index (χ3n) is 5.09. The van der Waals surface area contributed by atoms with Crippen molar-refractivity contribution >= 4 is 27.8 Å². The second kappa shape index (κ2) is 7.52. The third-order valence-corrected chi connectivity index (χ3v) is 5.09.